The van der Waals surface area contributed by atoms with Crippen molar-refractivity contribution in [1.29, 1.82) is 5.26 Å². The molecule has 2 atom stereocenters. The minimum Gasteiger partial charge on any atom is -0.452 e. The standard InChI is InChI=1S/C21H14F6N6O/c1-20(5-15(21(25,26)27)34-19(29)33-20)12-3-10(4-13(22)16(12)24)32-18-17-11(14(23)8-31-18)2-9(6-28)7-30-17/h2-4,7-8,15H,5H2,1H3,(H2,29,33)(H,31,32)/t15-,20+/m0/s1. The number of ether oxygens (including phenoxy) is 1. The largest absolute Gasteiger partial charge is 0.452 e. The predicted molar refractivity (Wildman–Crippen MR) is 108 cm³/mol. The van der Waals surface area contributed by atoms with Crippen LogP contribution in [0.25, 0.3) is 10.9 Å². The number of hydrogen-bond donors (Lipinski definition) is 2. The molecule has 1 aliphatic rings. The van der Waals surface area contributed by atoms with E-state index in [2.05, 4.69) is 25.0 Å². The van der Waals surface area contributed by atoms with Gasteiger partial charge < -0.3 is 15.8 Å². The van der Waals surface area contributed by atoms with Gasteiger partial charge in [0.1, 0.15) is 11.6 Å². The molecule has 1 aliphatic heterocycles. The van der Waals surface area contributed by atoms with Crippen LogP contribution in [0.3, 0.4) is 0 Å². The number of rotatable bonds is 3. The average Bonchev–Trinajstić information content (AvgIpc) is 2.76. The fourth-order valence-electron chi connectivity index (χ4n) is 3.65. The van der Waals surface area contributed by atoms with Gasteiger partial charge in [0.25, 0.3) is 6.02 Å². The molecule has 0 bridgehead atoms. The zero-order chi connectivity index (χ0) is 24.8. The van der Waals surface area contributed by atoms with E-state index in [4.69, 9.17) is 11.0 Å². The van der Waals surface area contributed by atoms with E-state index >= 15 is 0 Å². The zero-order valence-electron chi connectivity index (χ0n) is 17.2. The number of aromatic nitrogens is 2. The van der Waals surface area contributed by atoms with Crippen LogP contribution in [0.1, 0.15) is 24.5 Å². The second-order valence-electron chi connectivity index (χ2n) is 7.71. The molecule has 176 valence electrons. The summed E-state index contributed by atoms with van der Waals surface area (Å²) >= 11 is 0. The number of pyridine rings is 2. The summed E-state index contributed by atoms with van der Waals surface area (Å²) in [7, 11) is 0. The first-order valence-corrected chi connectivity index (χ1v) is 9.61. The van der Waals surface area contributed by atoms with Crippen molar-refractivity contribution in [2.24, 2.45) is 10.7 Å². The van der Waals surface area contributed by atoms with E-state index in [1.165, 1.54) is 19.2 Å². The van der Waals surface area contributed by atoms with Gasteiger partial charge in [-0.3, -0.25) is 4.98 Å². The first kappa shape index (κ1) is 23.1. The van der Waals surface area contributed by atoms with E-state index in [0.717, 1.165) is 18.3 Å². The highest BCUT2D eigenvalue weighted by atomic mass is 19.4. The van der Waals surface area contributed by atoms with Crippen LogP contribution in [-0.4, -0.2) is 28.3 Å². The monoisotopic (exact) mass is 480 g/mol. The number of nitriles is 1. The normalized spacial score (nSPS) is 20.4. The van der Waals surface area contributed by atoms with Crippen LogP contribution in [0.2, 0.25) is 0 Å². The number of fused-ring (bicyclic) bond motifs is 1. The Hall–Kier alpha value is -4.08. The third-order valence-corrected chi connectivity index (χ3v) is 5.24. The van der Waals surface area contributed by atoms with Crippen molar-refractivity contribution in [3.05, 3.63) is 59.2 Å². The Morgan fingerprint density at radius 3 is 2.56 bits per heavy atom. The summed E-state index contributed by atoms with van der Waals surface area (Å²) in [5.41, 5.74) is 2.93. The van der Waals surface area contributed by atoms with E-state index < -0.39 is 53.3 Å². The molecule has 7 nitrogen and oxygen atoms in total. The lowest BCUT2D eigenvalue weighted by Gasteiger charge is -2.36. The maximum absolute atomic E-state index is 14.7. The van der Waals surface area contributed by atoms with Gasteiger partial charge in [0.15, 0.2) is 29.4 Å². The number of hydrogen-bond acceptors (Lipinski definition) is 7. The molecule has 4 rings (SSSR count). The molecule has 0 radical (unpaired) electrons. The van der Waals surface area contributed by atoms with Gasteiger partial charge in [0, 0.05) is 35.3 Å². The number of aliphatic imine (C=N–C) groups is 1. The molecule has 3 heterocycles. The number of benzene rings is 1. The highest BCUT2D eigenvalue weighted by Crippen LogP contribution is 2.42. The highest BCUT2D eigenvalue weighted by molar-refractivity contribution is 5.90. The summed E-state index contributed by atoms with van der Waals surface area (Å²) in [6.45, 7) is 1.17. The average molecular weight is 480 g/mol. The van der Waals surface area contributed by atoms with Crippen molar-refractivity contribution in [3.63, 3.8) is 0 Å². The van der Waals surface area contributed by atoms with E-state index in [-0.39, 0.29) is 28.0 Å². The number of halogens is 6. The summed E-state index contributed by atoms with van der Waals surface area (Å²) in [6.07, 6.45) is -6.05. The Morgan fingerprint density at radius 1 is 1.15 bits per heavy atom. The lowest BCUT2D eigenvalue weighted by atomic mass is 9.85. The van der Waals surface area contributed by atoms with Crippen LogP contribution in [-0.2, 0) is 10.3 Å². The zero-order valence-corrected chi connectivity index (χ0v) is 17.2. The molecule has 0 fully saturated rings. The van der Waals surface area contributed by atoms with Crippen LogP contribution >= 0.6 is 0 Å². The van der Waals surface area contributed by atoms with E-state index in [1.807, 2.05) is 6.07 Å². The Morgan fingerprint density at radius 2 is 1.88 bits per heavy atom. The molecule has 0 aliphatic carbocycles. The molecule has 3 aromatic rings. The van der Waals surface area contributed by atoms with Gasteiger partial charge in [-0.1, -0.05) is 0 Å². The van der Waals surface area contributed by atoms with Crippen molar-refractivity contribution >= 4 is 28.4 Å². The van der Waals surface area contributed by atoms with Crippen LogP contribution in [0.5, 0.6) is 0 Å². The lowest BCUT2D eigenvalue weighted by Crippen LogP contribution is -2.46. The Balaban J connectivity index is 1.79. The number of alkyl halides is 3. The smallest absolute Gasteiger partial charge is 0.425 e. The topological polar surface area (TPSA) is 109 Å². The second-order valence-corrected chi connectivity index (χ2v) is 7.71. The molecular weight excluding hydrogens is 466 g/mol. The molecular formula is C21H14F6N6O. The fraction of sp³-hybridized carbons (Fsp3) is 0.238. The minimum absolute atomic E-state index is 0.0121. The van der Waals surface area contributed by atoms with Crippen LogP contribution in [0, 0.1) is 28.8 Å². The predicted octanol–water partition coefficient (Wildman–Crippen LogP) is 4.54. The summed E-state index contributed by atoms with van der Waals surface area (Å²) in [4.78, 5) is 11.7. The number of nitrogens with zero attached hydrogens (tertiary/aromatic N) is 4. The molecule has 1 aromatic carbocycles. The van der Waals surface area contributed by atoms with Gasteiger partial charge in [0.05, 0.1) is 17.3 Å². The van der Waals surface area contributed by atoms with Crippen LogP contribution < -0.4 is 11.1 Å². The third-order valence-electron chi connectivity index (χ3n) is 5.24. The Kier molecular flexibility index (Phi) is 5.47. The SMILES string of the molecule is C[C@]1(c2cc(Nc3ncc(F)c4cc(C#N)cnc34)cc(F)c2F)C[C@@H](C(F)(F)F)OC(N)=N1. The van der Waals surface area contributed by atoms with E-state index in [1.54, 1.807) is 0 Å². The van der Waals surface area contributed by atoms with Gasteiger partial charge >= 0.3 is 6.18 Å². The molecule has 0 amide bonds. The summed E-state index contributed by atoms with van der Waals surface area (Å²) < 4.78 is 87.8. The fourth-order valence-corrected chi connectivity index (χ4v) is 3.65. The van der Waals surface area contributed by atoms with Gasteiger partial charge in [-0.05, 0) is 19.1 Å². The maximum atomic E-state index is 14.7. The minimum atomic E-state index is -4.82. The van der Waals surface area contributed by atoms with Gasteiger partial charge in [-0.15, -0.1) is 0 Å². The van der Waals surface area contributed by atoms with Gasteiger partial charge in [-0.25, -0.2) is 23.1 Å². The maximum Gasteiger partial charge on any atom is 0.425 e. The van der Waals surface area contributed by atoms with E-state index in [0.29, 0.717) is 0 Å². The molecule has 0 spiro atoms. The van der Waals surface area contributed by atoms with Crippen molar-refractivity contribution in [1.82, 2.24) is 9.97 Å². The number of nitrogens with two attached hydrogens (primary N) is 1. The summed E-state index contributed by atoms with van der Waals surface area (Å²) in [5.74, 6) is -3.63. The number of amidine groups is 1. The molecule has 13 heteroatoms. The van der Waals surface area contributed by atoms with Crippen LogP contribution in [0.4, 0.5) is 37.8 Å². The number of anilines is 2. The van der Waals surface area contributed by atoms with E-state index in [9.17, 15) is 26.3 Å². The molecule has 3 N–H and O–H groups in total. The molecule has 2 aromatic heterocycles. The highest BCUT2D eigenvalue weighted by Gasteiger charge is 2.50. The molecule has 0 saturated heterocycles. The molecule has 0 unspecified atom stereocenters. The number of nitrogens with one attached hydrogen (secondary N) is 1. The first-order chi connectivity index (χ1) is 15.9. The first-order valence-electron chi connectivity index (χ1n) is 9.61. The van der Waals surface area contributed by atoms with Gasteiger partial charge in [0.2, 0.25) is 0 Å². The Labute approximate surface area is 187 Å². The van der Waals surface area contributed by atoms with Crippen molar-refractivity contribution in [3.8, 4) is 6.07 Å². The summed E-state index contributed by atoms with van der Waals surface area (Å²) in [5, 5.41) is 11.6. The third kappa shape index (κ3) is 4.14. The quantitative estimate of drug-likeness (QED) is 0.533. The summed E-state index contributed by atoms with van der Waals surface area (Å²) in [6, 6.07) is 4.03. The van der Waals surface area contributed by atoms with Crippen molar-refractivity contribution in [2.45, 2.75) is 31.2 Å². The van der Waals surface area contributed by atoms with Gasteiger partial charge in [-0.2, -0.15) is 18.4 Å². The lowest BCUT2D eigenvalue weighted by molar-refractivity contribution is -0.208. The second kappa shape index (κ2) is 8.05. The molecule has 34 heavy (non-hydrogen) atoms. The van der Waals surface area contributed by atoms with Crippen molar-refractivity contribution in [2.75, 3.05) is 5.32 Å². The molecule has 0 saturated carbocycles. The van der Waals surface area contributed by atoms with Crippen LogP contribution in [0.15, 0.2) is 35.6 Å². The van der Waals surface area contributed by atoms with Crippen molar-refractivity contribution < 1.29 is 31.1 Å². The Bertz CT molecular complexity index is 1370.